The zero-order chi connectivity index (χ0) is 16.9. The van der Waals surface area contributed by atoms with Crippen LogP contribution >= 0.6 is 11.8 Å². The van der Waals surface area contributed by atoms with Crippen molar-refractivity contribution in [2.75, 3.05) is 29.9 Å². The molecule has 128 valence electrons. The Balaban J connectivity index is 1.66. The lowest BCUT2D eigenvalue weighted by Gasteiger charge is -2.26. The number of hydrogen-bond donors (Lipinski definition) is 1. The molecule has 4 nitrogen and oxygen atoms in total. The minimum Gasteiger partial charge on any atom is -0.337 e. The van der Waals surface area contributed by atoms with Crippen LogP contribution in [0.25, 0.3) is 0 Å². The van der Waals surface area contributed by atoms with Crippen LogP contribution in [0, 0.1) is 12.8 Å². The Kier molecular flexibility index (Phi) is 5.61. The Labute approximate surface area is 147 Å². The van der Waals surface area contributed by atoms with Crippen LogP contribution in [0.5, 0.6) is 0 Å². The number of thioether (sulfide) groups is 1. The first-order valence-electron chi connectivity index (χ1n) is 8.58. The fraction of sp³-hybridized carbons (Fsp3) is 0.474. The monoisotopic (exact) mass is 344 g/mol. The normalized spacial score (nSPS) is 20.7. The third-order valence-corrected chi connectivity index (χ3v) is 5.61. The average Bonchev–Trinajstić information content (AvgIpc) is 2.64. The van der Waals surface area contributed by atoms with Crippen molar-refractivity contribution in [3.8, 4) is 0 Å². The van der Waals surface area contributed by atoms with Gasteiger partial charge in [0.2, 0.25) is 5.91 Å². The number of carbonyl (C=O) groups is 2. The molecule has 0 bridgehead atoms. The Morgan fingerprint density at radius 3 is 2.67 bits per heavy atom. The van der Waals surface area contributed by atoms with Gasteiger partial charge >= 0.3 is 0 Å². The molecule has 2 aliphatic rings. The van der Waals surface area contributed by atoms with E-state index >= 15 is 0 Å². The van der Waals surface area contributed by atoms with Gasteiger partial charge in [-0.3, -0.25) is 9.59 Å². The van der Waals surface area contributed by atoms with Gasteiger partial charge in [0, 0.05) is 41.8 Å². The molecule has 1 aliphatic carbocycles. The molecule has 1 fully saturated rings. The fourth-order valence-electron chi connectivity index (χ4n) is 3.15. The molecule has 1 aromatic carbocycles. The highest BCUT2D eigenvalue weighted by atomic mass is 32.2. The number of rotatable bonds is 3. The van der Waals surface area contributed by atoms with Crippen LogP contribution in [0.2, 0.25) is 0 Å². The summed E-state index contributed by atoms with van der Waals surface area (Å²) in [6.07, 6.45) is 6.91. The smallest absolute Gasteiger partial charge is 0.253 e. The molecule has 0 radical (unpaired) electrons. The standard InChI is InChI=1S/C19H24N2O2S/c1-14-13-16(19(23)21-9-11-24-12-10-21)7-8-17(14)20-18(22)15-5-3-2-4-6-15/h2-3,7-8,13,15H,4-6,9-12H2,1H3,(H,20,22). The molecule has 1 aliphatic heterocycles. The molecular weight excluding hydrogens is 320 g/mol. The minimum atomic E-state index is 0.0570. The van der Waals surface area contributed by atoms with Crippen molar-refractivity contribution >= 4 is 29.3 Å². The summed E-state index contributed by atoms with van der Waals surface area (Å²) in [6, 6.07) is 5.58. The lowest BCUT2D eigenvalue weighted by molar-refractivity contribution is -0.120. The van der Waals surface area contributed by atoms with Crippen LogP contribution in [-0.4, -0.2) is 41.3 Å². The zero-order valence-corrected chi connectivity index (χ0v) is 14.9. The number of allylic oxidation sites excluding steroid dienone is 2. The summed E-state index contributed by atoms with van der Waals surface area (Å²) in [5.74, 6) is 2.24. The van der Waals surface area contributed by atoms with Gasteiger partial charge in [-0.15, -0.1) is 0 Å². The molecule has 1 unspecified atom stereocenters. The van der Waals surface area contributed by atoms with Gasteiger partial charge in [-0.2, -0.15) is 11.8 Å². The van der Waals surface area contributed by atoms with E-state index < -0.39 is 0 Å². The number of benzene rings is 1. The molecule has 5 heteroatoms. The molecule has 3 rings (SSSR count). The predicted molar refractivity (Wildman–Crippen MR) is 99.5 cm³/mol. The highest BCUT2D eigenvalue weighted by Crippen LogP contribution is 2.23. The van der Waals surface area contributed by atoms with Gasteiger partial charge < -0.3 is 10.2 Å². The van der Waals surface area contributed by atoms with Crippen molar-refractivity contribution in [1.29, 1.82) is 0 Å². The van der Waals surface area contributed by atoms with E-state index in [2.05, 4.69) is 17.5 Å². The molecule has 1 heterocycles. The van der Waals surface area contributed by atoms with Crippen molar-refractivity contribution in [2.45, 2.75) is 26.2 Å². The number of nitrogens with one attached hydrogen (secondary N) is 1. The van der Waals surface area contributed by atoms with Crippen LogP contribution < -0.4 is 5.32 Å². The summed E-state index contributed by atoms with van der Waals surface area (Å²) in [4.78, 5) is 26.8. The third-order valence-electron chi connectivity index (χ3n) is 4.67. The third kappa shape index (κ3) is 4.01. The van der Waals surface area contributed by atoms with Crippen molar-refractivity contribution in [3.63, 3.8) is 0 Å². The van der Waals surface area contributed by atoms with Crippen molar-refractivity contribution in [3.05, 3.63) is 41.5 Å². The summed E-state index contributed by atoms with van der Waals surface area (Å²) in [5.41, 5.74) is 2.45. The largest absolute Gasteiger partial charge is 0.337 e. The Hall–Kier alpha value is -1.75. The maximum absolute atomic E-state index is 12.6. The van der Waals surface area contributed by atoms with Crippen LogP contribution in [-0.2, 0) is 4.79 Å². The number of hydrogen-bond acceptors (Lipinski definition) is 3. The molecule has 0 aromatic heterocycles. The lowest BCUT2D eigenvalue weighted by Crippen LogP contribution is -2.37. The first-order valence-corrected chi connectivity index (χ1v) is 9.74. The van der Waals surface area contributed by atoms with Crippen LogP contribution in [0.1, 0.15) is 35.2 Å². The molecule has 1 N–H and O–H groups in total. The molecule has 0 spiro atoms. The highest BCUT2D eigenvalue weighted by molar-refractivity contribution is 7.99. The number of nitrogens with zero attached hydrogens (tertiary/aromatic N) is 1. The van der Waals surface area contributed by atoms with Crippen LogP contribution in [0.15, 0.2) is 30.4 Å². The Bertz CT molecular complexity index is 651. The van der Waals surface area contributed by atoms with Crippen LogP contribution in [0.4, 0.5) is 5.69 Å². The maximum Gasteiger partial charge on any atom is 0.253 e. The summed E-state index contributed by atoms with van der Waals surface area (Å²) in [7, 11) is 0. The van der Waals surface area contributed by atoms with Gasteiger partial charge in [0.05, 0.1) is 0 Å². The summed E-state index contributed by atoms with van der Waals surface area (Å²) < 4.78 is 0. The van der Waals surface area contributed by atoms with Gasteiger partial charge in [-0.25, -0.2) is 0 Å². The molecule has 24 heavy (non-hydrogen) atoms. The average molecular weight is 344 g/mol. The van der Waals surface area contributed by atoms with Gasteiger partial charge in [0.15, 0.2) is 0 Å². The quantitative estimate of drug-likeness (QED) is 0.854. The van der Waals surface area contributed by atoms with Gasteiger partial charge in [0.25, 0.3) is 5.91 Å². The van der Waals surface area contributed by atoms with E-state index in [4.69, 9.17) is 0 Å². The SMILES string of the molecule is Cc1cc(C(=O)N2CCSCC2)ccc1NC(=O)C1CC=CCC1. The number of carbonyl (C=O) groups excluding carboxylic acids is 2. The lowest BCUT2D eigenvalue weighted by atomic mass is 9.93. The van der Waals surface area contributed by atoms with E-state index in [1.165, 1.54) is 0 Å². The highest BCUT2D eigenvalue weighted by Gasteiger charge is 2.21. The maximum atomic E-state index is 12.6. The van der Waals surface area contributed by atoms with E-state index in [1.54, 1.807) is 0 Å². The fourth-order valence-corrected chi connectivity index (χ4v) is 4.06. The Morgan fingerprint density at radius 1 is 1.21 bits per heavy atom. The van der Waals surface area contributed by atoms with Crippen molar-refractivity contribution in [2.24, 2.45) is 5.92 Å². The first-order chi connectivity index (χ1) is 11.6. The van der Waals surface area contributed by atoms with E-state index in [0.717, 1.165) is 55.1 Å². The van der Waals surface area contributed by atoms with E-state index in [9.17, 15) is 9.59 Å². The van der Waals surface area contributed by atoms with Crippen molar-refractivity contribution in [1.82, 2.24) is 4.90 Å². The van der Waals surface area contributed by atoms with Gasteiger partial charge in [0.1, 0.15) is 0 Å². The van der Waals surface area contributed by atoms with Crippen LogP contribution in [0.3, 0.4) is 0 Å². The topological polar surface area (TPSA) is 49.4 Å². The second-order valence-corrected chi connectivity index (χ2v) is 7.63. The molecule has 1 atom stereocenters. The number of anilines is 1. The first kappa shape index (κ1) is 17.1. The van der Waals surface area contributed by atoms with E-state index in [1.807, 2.05) is 41.8 Å². The molecular formula is C19H24N2O2S. The second-order valence-electron chi connectivity index (χ2n) is 6.40. The second kappa shape index (κ2) is 7.88. The van der Waals surface area contributed by atoms with Crippen molar-refractivity contribution < 1.29 is 9.59 Å². The van der Waals surface area contributed by atoms with E-state index in [-0.39, 0.29) is 17.7 Å². The summed E-state index contributed by atoms with van der Waals surface area (Å²) in [6.45, 7) is 3.58. The summed E-state index contributed by atoms with van der Waals surface area (Å²) in [5, 5.41) is 3.02. The Morgan fingerprint density at radius 2 is 2.00 bits per heavy atom. The minimum absolute atomic E-state index is 0.0570. The number of amides is 2. The molecule has 2 amide bonds. The summed E-state index contributed by atoms with van der Waals surface area (Å²) >= 11 is 1.89. The molecule has 1 aromatic rings. The van der Waals surface area contributed by atoms with E-state index in [0.29, 0.717) is 5.56 Å². The molecule has 1 saturated heterocycles. The predicted octanol–water partition coefficient (Wildman–Crippen LogP) is 3.48. The van der Waals surface area contributed by atoms with Gasteiger partial charge in [-0.05, 0) is 49.9 Å². The van der Waals surface area contributed by atoms with Gasteiger partial charge in [-0.1, -0.05) is 12.2 Å². The zero-order valence-electron chi connectivity index (χ0n) is 14.1. The molecule has 0 saturated carbocycles. The number of aryl methyl sites for hydroxylation is 1.